The summed E-state index contributed by atoms with van der Waals surface area (Å²) in [7, 11) is 1.61. The van der Waals surface area contributed by atoms with E-state index in [-0.39, 0.29) is 12.2 Å². The highest BCUT2D eigenvalue weighted by molar-refractivity contribution is 7.15. The molecule has 1 unspecified atom stereocenters. The molecule has 0 radical (unpaired) electrons. The van der Waals surface area contributed by atoms with Crippen LogP contribution in [0.5, 0.6) is 23.0 Å². The van der Waals surface area contributed by atoms with Crippen LogP contribution in [-0.4, -0.2) is 34.9 Å². The zero-order valence-electron chi connectivity index (χ0n) is 19.0. The Bertz CT molecular complexity index is 1410. The predicted octanol–water partition coefficient (Wildman–Crippen LogP) is 3.79. The fourth-order valence-electron chi connectivity index (χ4n) is 3.71. The number of benzene rings is 2. The van der Waals surface area contributed by atoms with E-state index in [1.54, 1.807) is 7.11 Å². The number of hydrogen-bond acceptors (Lipinski definition) is 8. The van der Waals surface area contributed by atoms with Gasteiger partial charge in [-0.2, -0.15) is 9.50 Å². The minimum Gasteiger partial charge on any atom is -0.493 e. The molecule has 0 aliphatic carbocycles. The number of aromatic nitrogens is 3. The number of methoxy groups -OCH3 is 1. The summed E-state index contributed by atoms with van der Waals surface area (Å²) in [6, 6.07) is 13.1. The Hall–Kier alpha value is -3.59. The van der Waals surface area contributed by atoms with E-state index in [0.717, 1.165) is 24.8 Å². The third kappa shape index (κ3) is 4.43. The van der Waals surface area contributed by atoms with Gasteiger partial charge in [-0.25, -0.2) is 0 Å². The van der Waals surface area contributed by atoms with Gasteiger partial charge < -0.3 is 18.9 Å². The molecule has 8 nitrogen and oxygen atoms in total. The van der Waals surface area contributed by atoms with Crippen molar-refractivity contribution < 1.29 is 18.9 Å². The number of hydrogen-bond donors (Lipinski definition) is 0. The number of fused-ring (bicyclic) bond motifs is 2. The van der Waals surface area contributed by atoms with Crippen LogP contribution < -0.4 is 29.0 Å². The number of para-hydroxylation sites is 2. The van der Waals surface area contributed by atoms with Crippen molar-refractivity contribution in [2.45, 2.75) is 32.3 Å². The zero-order chi connectivity index (χ0) is 23.5. The molecule has 1 aliphatic heterocycles. The Balaban J connectivity index is 1.37. The summed E-state index contributed by atoms with van der Waals surface area (Å²) in [5.41, 5.74) is 0.606. The van der Waals surface area contributed by atoms with Crippen molar-refractivity contribution in [3.63, 3.8) is 0 Å². The van der Waals surface area contributed by atoms with Gasteiger partial charge >= 0.3 is 0 Å². The van der Waals surface area contributed by atoms with Crippen LogP contribution in [0.25, 0.3) is 11.0 Å². The molecule has 34 heavy (non-hydrogen) atoms. The third-order valence-electron chi connectivity index (χ3n) is 5.49. The van der Waals surface area contributed by atoms with Crippen molar-refractivity contribution in [2.24, 2.45) is 0 Å². The predicted molar refractivity (Wildman–Crippen MR) is 129 cm³/mol. The van der Waals surface area contributed by atoms with Crippen LogP contribution in [0.1, 0.15) is 43.7 Å². The SMILES string of the molecule is CCCCCOc1ccc(/C=c2/sc3nc(C4COc5ccccc5O4)nn3c2=O)cc1OC. The van der Waals surface area contributed by atoms with Gasteiger partial charge in [0, 0.05) is 0 Å². The van der Waals surface area contributed by atoms with E-state index in [4.69, 9.17) is 18.9 Å². The fraction of sp³-hybridized carbons (Fsp3) is 0.320. The lowest BCUT2D eigenvalue weighted by molar-refractivity contribution is 0.0852. The van der Waals surface area contributed by atoms with Gasteiger partial charge in [-0.05, 0) is 42.3 Å². The summed E-state index contributed by atoms with van der Waals surface area (Å²) in [4.78, 5) is 18.0. The Morgan fingerprint density at radius 3 is 2.82 bits per heavy atom. The number of rotatable bonds is 8. The maximum absolute atomic E-state index is 13.0. The van der Waals surface area contributed by atoms with Crippen LogP contribution in [0.15, 0.2) is 47.3 Å². The molecule has 5 rings (SSSR count). The van der Waals surface area contributed by atoms with Gasteiger partial charge in [-0.1, -0.05) is 49.3 Å². The van der Waals surface area contributed by atoms with Crippen molar-refractivity contribution in [1.82, 2.24) is 14.6 Å². The first-order valence-corrected chi connectivity index (χ1v) is 12.1. The quantitative estimate of drug-likeness (QED) is 0.356. The molecule has 0 N–H and O–H groups in total. The molecule has 176 valence electrons. The second-order valence-electron chi connectivity index (χ2n) is 7.91. The number of unbranched alkanes of at least 4 members (excludes halogenated alkanes) is 2. The second kappa shape index (κ2) is 9.72. The molecule has 4 aromatic rings. The molecular formula is C25H25N3O5S. The second-order valence-corrected chi connectivity index (χ2v) is 8.92. The van der Waals surface area contributed by atoms with Gasteiger partial charge in [0.15, 0.2) is 34.9 Å². The van der Waals surface area contributed by atoms with Crippen molar-refractivity contribution in [3.05, 3.63) is 68.7 Å². The topological polar surface area (TPSA) is 84.2 Å². The van der Waals surface area contributed by atoms with Gasteiger partial charge in [0.05, 0.1) is 18.2 Å². The van der Waals surface area contributed by atoms with Crippen molar-refractivity contribution in [2.75, 3.05) is 20.3 Å². The highest BCUT2D eigenvalue weighted by Gasteiger charge is 2.27. The summed E-state index contributed by atoms with van der Waals surface area (Å²) >= 11 is 1.28. The average molecular weight is 480 g/mol. The maximum atomic E-state index is 13.0. The number of nitrogens with zero attached hydrogens (tertiary/aromatic N) is 3. The normalized spacial score (nSPS) is 15.6. The van der Waals surface area contributed by atoms with Crippen LogP contribution >= 0.6 is 11.3 Å². The first-order valence-electron chi connectivity index (χ1n) is 11.3. The van der Waals surface area contributed by atoms with Gasteiger partial charge in [-0.3, -0.25) is 4.79 Å². The molecule has 0 bridgehead atoms. The third-order valence-corrected chi connectivity index (χ3v) is 6.44. The lowest BCUT2D eigenvalue weighted by atomic mass is 10.2. The average Bonchev–Trinajstić information content (AvgIpc) is 3.41. The monoisotopic (exact) mass is 479 g/mol. The summed E-state index contributed by atoms with van der Waals surface area (Å²) in [5, 5.41) is 4.40. The first-order chi connectivity index (χ1) is 16.7. The molecule has 9 heteroatoms. The molecule has 0 amide bonds. The van der Waals surface area contributed by atoms with Gasteiger partial charge in [0.1, 0.15) is 6.61 Å². The molecule has 0 fully saturated rings. The number of thiazole rings is 1. The van der Waals surface area contributed by atoms with Crippen LogP contribution in [-0.2, 0) is 0 Å². The summed E-state index contributed by atoms with van der Waals surface area (Å²) in [5.74, 6) is 3.08. The minimum atomic E-state index is -0.469. The van der Waals surface area contributed by atoms with E-state index in [2.05, 4.69) is 17.0 Å². The Kier molecular flexibility index (Phi) is 6.35. The fourth-order valence-corrected chi connectivity index (χ4v) is 4.63. The minimum absolute atomic E-state index is 0.227. The zero-order valence-corrected chi connectivity index (χ0v) is 19.8. The molecule has 2 aromatic heterocycles. The lowest BCUT2D eigenvalue weighted by Gasteiger charge is -2.24. The standard InChI is InChI=1S/C25H25N3O5S/c1-3-4-7-12-31-18-11-10-16(13-20(18)30-2)14-22-24(29)28-25(34-22)26-23(27-28)21-15-32-17-8-5-6-9-19(17)33-21/h5-6,8-11,13-14,21H,3-4,7,12,15H2,1-2H3/b22-14+. The van der Waals surface area contributed by atoms with E-state index < -0.39 is 6.10 Å². The van der Waals surface area contributed by atoms with Gasteiger partial charge in [0.25, 0.3) is 5.56 Å². The summed E-state index contributed by atoms with van der Waals surface area (Å²) < 4.78 is 24.9. The van der Waals surface area contributed by atoms with E-state index in [1.807, 2.05) is 48.5 Å². The van der Waals surface area contributed by atoms with Crippen LogP contribution in [0.2, 0.25) is 0 Å². The Morgan fingerprint density at radius 1 is 1.18 bits per heavy atom. The smallest absolute Gasteiger partial charge is 0.291 e. The van der Waals surface area contributed by atoms with E-state index in [0.29, 0.717) is 44.9 Å². The molecule has 1 atom stereocenters. The maximum Gasteiger partial charge on any atom is 0.291 e. The van der Waals surface area contributed by atoms with Crippen LogP contribution in [0.4, 0.5) is 0 Å². The highest BCUT2D eigenvalue weighted by atomic mass is 32.1. The van der Waals surface area contributed by atoms with E-state index in [9.17, 15) is 4.79 Å². The highest BCUT2D eigenvalue weighted by Crippen LogP contribution is 2.35. The molecule has 2 aromatic carbocycles. The largest absolute Gasteiger partial charge is 0.493 e. The van der Waals surface area contributed by atoms with Crippen LogP contribution in [0.3, 0.4) is 0 Å². The van der Waals surface area contributed by atoms with Gasteiger partial charge in [0.2, 0.25) is 4.96 Å². The molecular weight excluding hydrogens is 454 g/mol. The summed E-state index contributed by atoms with van der Waals surface area (Å²) in [6.07, 6.45) is 4.61. The summed E-state index contributed by atoms with van der Waals surface area (Å²) in [6.45, 7) is 3.09. The molecule has 1 aliphatic rings. The van der Waals surface area contributed by atoms with Gasteiger partial charge in [-0.15, -0.1) is 5.10 Å². The first kappa shape index (κ1) is 22.2. The molecule has 0 saturated heterocycles. The number of ether oxygens (including phenoxy) is 4. The lowest BCUT2D eigenvalue weighted by Crippen LogP contribution is -2.26. The van der Waals surface area contributed by atoms with Crippen molar-refractivity contribution in [1.29, 1.82) is 0 Å². The molecule has 0 saturated carbocycles. The Morgan fingerprint density at radius 2 is 2.03 bits per heavy atom. The van der Waals surface area contributed by atoms with Crippen LogP contribution in [0, 0.1) is 0 Å². The van der Waals surface area contributed by atoms with E-state index in [1.165, 1.54) is 15.9 Å². The molecule has 3 heterocycles. The van der Waals surface area contributed by atoms with Crippen molar-refractivity contribution >= 4 is 22.4 Å². The molecule has 0 spiro atoms. The van der Waals surface area contributed by atoms with E-state index >= 15 is 0 Å². The Labute approximate surface area is 200 Å². The van der Waals surface area contributed by atoms with Crippen molar-refractivity contribution in [3.8, 4) is 23.0 Å².